The normalized spacial score (nSPS) is 18.0. The number of hydrogen-bond acceptors (Lipinski definition) is 3. The Morgan fingerprint density at radius 3 is 2.90 bits per heavy atom. The molecule has 5 nitrogen and oxygen atoms in total. The fourth-order valence-electron chi connectivity index (χ4n) is 2.46. The Bertz CT molecular complexity index is 599. The molecule has 1 atom stereocenters. The molecule has 1 aromatic rings. The van der Waals surface area contributed by atoms with E-state index in [1.165, 1.54) is 0 Å². The summed E-state index contributed by atoms with van der Waals surface area (Å²) in [6.45, 7) is 4.05. The lowest BCUT2D eigenvalue weighted by Gasteiger charge is -2.21. The van der Waals surface area contributed by atoms with Crippen LogP contribution in [0.4, 0.5) is 10.5 Å². The topological polar surface area (TPSA) is 70.6 Å². The molecule has 2 N–H and O–H groups in total. The molecule has 6 heteroatoms. The van der Waals surface area contributed by atoms with E-state index in [0.29, 0.717) is 12.1 Å². The van der Waals surface area contributed by atoms with Crippen molar-refractivity contribution in [2.45, 2.75) is 33.1 Å². The highest BCUT2D eigenvalue weighted by Crippen LogP contribution is 2.25. The van der Waals surface area contributed by atoms with Crippen molar-refractivity contribution in [1.29, 1.82) is 0 Å². The number of carbonyl (C=O) groups is 2. The highest BCUT2D eigenvalue weighted by Gasteiger charge is 2.23. The summed E-state index contributed by atoms with van der Waals surface area (Å²) < 4.78 is 0. The maximum Gasteiger partial charge on any atom is 0.280 e. The van der Waals surface area contributed by atoms with Gasteiger partial charge in [-0.15, -0.1) is 0 Å². The van der Waals surface area contributed by atoms with Crippen LogP contribution in [0.5, 0.6) is 0 Å². The van der Waals surface area contributed by atoms with Crippen LogP contribution in [0.3, 0.4) is 0 Å². The number of nitrogens with zero attached hydrogens (tertiary/aromatic N) is 1. The fourth-order valence-corrected chi connectivity index (χ4v) is 2.58. The zero-order valence-electron chi connectivity index (χ0n) is 12.1. The van der Waals surface area contributed by atoms with Crippen LogP contribution in [0, 0.1) is 5.92 Å². The molecule has 112 valence electrons. The number of carbonyl (C=O) groups excluding carboxylic acids is 2. The third-order valence-electron chi connectivity index (χ3n) is 3.40. The highest BCUT2D eigenvalue weighted by molar-refractivity contribution is 7.96. The number of anilines is 1. The van der Waals surface area contributed by atoms with Crippen molar-refractivity contribution >= 4 is 35.2 Å². The van der Waals surface area contributed by atoms with Crippen molar-refractivity contribution in [2.24, 2.45) is 11.0 Å². The summed E-state index contributed by atoms with van der Waals surface area (Å²) >= 11 is 3.78. The van der Waals surface area contributed by atoms with E-state index in [9.17, 15) is 9.59 Å². The van der Waals surface area contributed by atoms with Crippen LogP contribution < -0.4 is 10.7 Å². The third kappa shape index (κ3) is 3.85. The first kappa shape index (κ1) is 15.6. The van der Waals surface area contributed by atoms with E-state index in [0.717, 1.165) is 29.7 Å². The molecule has 1 aromatic carbocycles. The molecule has 21 heavy (non-hydrogen) atoms. The molecule has 0 spiro atoms. The summed E-state index contributed by atoms with van der Waals surface area (Å²) in [7, 11) is 0. The maximum atomic E-state index is 11.4. The van der Waals surface area contributed by atoms with Crippen LogP contribution in [-0.2, 0) is 11.2 Å². The average molecular weight is 305 g/mol. The van der Waals surface area contributed by atoms with E-state index in [1.54, 1.807) is 0 Å². The van der Waals surface area contributed by atoms with Crippen LogP contribution in [-0.4, -0.2) is 16.9 Å². The van der Waals surface area contributed by atoms with Gasteiger partial charge in [-0.2, -0.15) is 5.10 Å². The molecule has 1 heterocycles. The molecule has 1 aliphatic heterocycles. The predicted molar refractivity (Wildman–Crippen MR) is 86.9 cm³/mol. The minimum atomic E-state index is -0.419. The van der Waals surface area contributed by atoms with Crippen molar-refractivity contribution in [2.75, 3.05) is 5.32 Å². The molecule has 0 aliphatic carbocycles. The average Bonchev–Trinajstić information content (AvgIpc) is 2.40. The molecule has 1 unspecified atom stereocenters. The van der Waals surface area contributed by atoms with Crippen molar-refractivity contribution < 1.29 is 9.59 Å². The second kappa shape index (κ2) is 6.76. The molecule has 1 aliphatic rings. The van der Waals surface area contributed by atoms with Crippen molar-refractivity contribution in [3.05, 3.63) is 29.3 Å². The molecule has 2 amide bonds. The molecule has 2 rings (SSSR count). The van der Waals surface area contributed by atoms with Crippen LogP contribution in [0.2, 0.25) is 0 Å². The lowest BCUT2D eigenvalue weighted by molar-refractivity contribution is -0.121. The molecule has 0 saturated carbocycles. The number of benzene rings is 1. The Labute approximate surface area is 129 Å². The minimum absolute atomic E-state index is 0.00587. The number of rotatable bonds is 4. The number of amides is 2. The van der Waals surface area contributed by atoms with Crippen LogP contribution in [0.15, 0.2) is 23.3 Å². The van der Waals surface area contributed by atoms with Gasteiger partial charge in [0.2, 0.25) is 5.91 Å². The van der Waals surface area contributed by atoms with Gasteiger partial charge in [-0.05, 0) is 18.1 Å². The fraction of sp³-hybridized carbons (Fsp3) is 0.400. The summed E-state index contributed by atoms with van der Waals surface area (Å²) in [4.78, 5) is 22.6. The number of thiol groups is 1. The van der Waals surface area contributed by atoms with Gasteiger partial charge in [-0.25, -0.2) is 5.43 Å². The quantitative estimate of drug-likeness (QED) is 0.748. The van der Waals surface area contributed by atoms with Gasteiger partial charge in [-0.1, -0.05) is 45.0 Å². The van der Waals surface area contributed by atoms with Crippen molar-refractivity contribution in [3.8, 4) is 0 Å². The summed E-state index contributed by atoms with van der Waals surface area (Å²) in [5, 5.41) is 6.46. The van der Waals surface area contributed by atoms with Crippen molar-refractivity contribution in [1.82, 2.24) is 5.43 Å². The van der Waals surface area contributed by atoms with E-state index in [1.807, 2.05) is 25.1 Å². The SMILES string of the molecule is CCCc1ccc(C2=NNC(=O)CC2C)c(NC(=O)S)c1. The standard InChI is InChI=1S/C15H19N3O2S/c1-3-4-10-5-6-11(12(8-10)16-15(20)21)14-9(2)7-13(19)17-18-14/h5-6,8-9H,3-4,7H2,1-2H3,(H,17,19)(H2,16,20,21). The largest absolute Gasteiger partial charge is 0.316 e. The molecular weight excluding hydrogens is 286 g/mol. The van der Waals surface area contributed by atoms with Gasteiger partial charge in [-0.3, -0.25) is 9.59 Å². The summed E-state index contributed by atoms with van der Waals surface area (Å²) in [5.41, 5.74) is 5.92. The van der Waals surface area contributed by atoms with Gasteiger partial charge in [0.25, 0.3) is 5.24 Å². The third-order valence-corrected chi connectivity index (χ3v) is 3.51. The van der Waals surface area contributed by atoms with E-state index in [-0.39, 0.29) is 11.8 Å². The van der Waals surface area contributed by atoms with E-state index in [2.05, 4.69) is 35.4 Å². The highest BCUT2D eigenvalue weighted by atomic mass is 32.1. The van der Waals surface area contributed by atoms with E-state index in [4.69, 9.17) is 0 Å². The first-order valence-corrected chi connectivity index (χ1v) is 7.45. The smallest absolute Gasteiger partial charge is 0.280 e. The van der Waals surface area contributed by atoms with Crippen LogP contribution in [0.1, 0.15) is 37.8 Å². The lowest BCUT2D eigenvalue weighted by Crippen LogP contribution is -2.32. The molecular formula is C15H19N3O2S. The first-order valence-electron chi connectivity index (χ1n) is 7.01. The zero-order valence-corrected chi connectivity index (χ0v) is 13.0. The maximum absolute atomic E-state index is 11.4. The zero-order chi connectivity index (χ0) is 15.4. The van der Waals surface area contributed by atoms with Gasteiger partial charge in [0, 0.05) is 17.9 Å². The second-order valence-corrected chi connectivity index (χ2v) is 5.60. The van der Waals surface area contributed by atoms with E-state index < -0.39 is 5.24 Å². The Morgan fingerprint density at radius 2 is 2.29 bits per heavy atom. The number of hydrazone groups is 1. The van der Waals surface area contributed by atoms with Gasteiger partial charge in [0.1, 0.15) is 0 Å². The Kier molecular flexibility index (Phi) is 5.01. The van der Waals surface area contributed by atoms with Crippen LogP contribution in [0.25, 0.3) is 0 Å². The second-order valence-electron chi connectivity index (χ2n) is 5.20. The summed E-state index contributed by atoms with van der Waals surface area (Å²) in [6.07, 6.45) is 2.36. The first-order chi connectivity index (χ1) is 10.0. The Hall–Kier alpha value is -1.82. The predicted octanol–water partition coefficient (Wildman–Crippen LogP) is 2.96. The van der Waals surface area contributed by atoms with Crippen molar-refractivity contribution in [3.63, 3.8) is 0 Å². The summed E-state index contributed by atoms with van der Waals surface area (Å²) in [6, 6.07) is 5.91. The van der Waals surface area contributed by atoms with E-state index >= 15 is 0 Å². The minimum Gasteiger partial charge on any atom is -0.316 e. The van der Waals surface area contributed by atoms with Crippen LogP contribution >= 0.6 is 12.6 Å². The molecule has 0 bridgehead atoms. The summed E-state index contributed by atoms with van der Waals surface area (Å²) in [5.74, 6) is -0.0834. The molecule has 0 saturated heterocycles. The molecule has 0 fully saturated rings. The van der Waals surface area contributed by atoms with Gasteiger partial charge < -0.3 is 5.32 Å². The Morgan fingerprint density at radius 1 is 1.52 bits per heavy atom. The molecule has 0 radical (unpaired) electrons. The monoisotopic (exact) mass is 305 g/mol. The van der Waals surface area contributed by atoms with Gasteiger partial charge in [0.15, 0.2) is 0 Å². The van der Waals surface area contributed by atoms with Gasteiger partial charge >= 0.3 is 0 Å². The number of hydrogen-bond donors (Lipinski definition) is 3. The number of nitrogens with one attached hydrogen (secondary N) is 2. The number of aryl methyl sites for hydroxylation is 1. The lowest BCUT2D eigenvalue weighted by atomic mass is 9.92. The van der Waals surface area contributed by atoms with Gasteiger partial charge in [0.05, 0.1) is 11.4 Å². The molecule has 0 aromatic heterocycles. The Balaban J connectivity index is 2.41.